The van der Waals surface area contributed by atoms with Gasteiger partial charge in [0.2, 0.25) is 0 Å². The third-order valence-corrected chi connectivity index (χ3v) is 4.23. The minimum Gasteiger partial charge on any atom is -0.375 e. The van der Waals surface area contributed by atoms with Gasteiger partial charge in [0, 0.05) is 26.9 Å². The van der Waals surface area contributed by atoms with Gasteiger partial charge in [-0.15, -0.1) is 0 Å². The summed E-state index contributed by atoms with van der Waals surface area (Å²) in [5, 5.41) is -0.0703. The van der Waals surface area contributed by atoms with E-state index in [4.69, 9.17) is 4.74 Å². The predicted molar refractivity (Wildman–Crippen MR) is 74.5 cm³/mol. The Hall–Kier alpha value is -1.77. The summed E-state index contributed by atoms with van der Waals surface area (Å²) in [4.78, 5) is 3.79. The Morgan fingerprint density at radius 2 is 2.24 bits per heavy atom. The second kappa shape index (κ2) is 6.33. The van der Waals surface area contributed by atoms with Gasteiger partial charge in [0.1, 0.15) is 5.82 Å². The van der Waals surface area contributed by atoms with E-state index in [9.17, 15) is 12.8 Å². The van der Waals surface area contributed by atoms with Gasteiger partial charge in [-0.1, -0.05) is 12.1 Å². The topological polar surface area (TPSA) is 73.2 Å². The SMILES string of the molecule is CO[C@@H](CNS(=O)(=O)c1cn(C)cn1)c1cccc(F)c1. The van der Waals surface area contributed by atoms with E-state index in [1.807, 2.05) is 0 Å². The van der Waals surface area contributed by atoms with Gasteiger partial charge in [-0.05, 0) is 17.7 Å². The molecular formula is C13H16FN3O3S. The molecule has 0 amide bonds. The van der Waals surface area contributed by atoms with Crippen molar-refractivity contribution >= 4 is 10.0 Å². The Morgan fingerprint density at radius 3 is 2.81 bits per heavy atom. The van der Waals surface area contributed by atoms with Gasteiger partial charge in [0.05, 0.1) is 12.4 Å². The van der Waals surface area contributed by atoms with Crippen molar-refractivity contribution < 1.29 is 17.5 Å². The molecule has 0 fully saturated rings. The van der Waals surface area contributed by atoms with Crippen molar-refractivity contribution in [3.8, 4) is 0 Å². The molecule has 1 atom stereocenters. The number of halogens is 1. The second-order valence-corrected chi connectivity index (χ2v) is 6.22. The second-order valence-electron chi connectivity index (χ2n) is 4.51. The molecule has 1 aromatic heterocycles. The quantitative estimate of drug-likeness (QED) is 0.870. The zero-order valence-corrected chi connectivity index (χ0v) is 12.5. The van der Waals surface area contributed by atoms with Crippen molar-refractivity contribution in [1.29, 1.82) is 0 Å². The fourth-order valence-corrected chi connectivity index (χ4v) is 2.84. The van der Waals surface area contributed by atoms with Crippen LogP contribution in [0.5, 0.6) is 0 Å². The number of hydrogen-bond acceptors (Lipinski definition) is 4. The van der Waals surface area contributed by atoms with Crippen molar-refractivity contribution in [1.82, 2.24) is 14.3 Å². The minimum absolute atomic E-state index is 0.0150. The summed E-state index contributed by atoms with van der Waals surface area (Å²) in [5.41, 5.74) is 0.557. The molecule has 8 heteroatoms. The lowest BCUT2D eigenvalue weighted by Crippen LogP contribution is -2.29. The molecule has 0 saturated heterocycles. The van der Waals surface area contributed by atoms with Crippen molar-refractivity contribution in [2.24, 2.45) is 7.05 Å². The summed E-state index contributed by atoms with van der Waals surface area (Å²) in [7, 11) is -0.606. The highest BCUT2D eigenvalue weighted by atomic mass is 32.2. The maximum Gasteiger partial charge on any atom is 0.259 e. The molecule has 21 heavy (non-hydrogen) atoms. The molecule has 0 aliphatic heterocycles. The molecule has 0 radical (unpaired) electrons. The maximum absolute atomic E-state index is 13.2. The van der Waals surface area contributed by atoms with Crippen LogP contribution in [0.15, 0.2) is 41.8 Å². The van der Waals surface area contributed by atoms with Gasteiger partial charge in [-0.3, -0.25) is 0 Å². The summed E-state index contributed by atoms with van der Waals surface area (Å²) in [6, 6.07) is 5.84. The summed E-state index contributed by atoms with van der Waals surface area (Å²) in [6.07, 6.45) is 2.21. The van der Waals surface area contributed by atoms with Crippen LogP contribution in [0.3, 0.4) is 0 Å². The minimum atomic E-state index is -3.72. The Balaban J connectivity index is 2.10. The average Bonchev–Trinajstić information content (AvgIpc) is 2.87. The van der Waals surface area contributed by atoms with Crippen molar-refractivity contribution in [2.45, 2.75) is 11.1 Å². The smallest absolute Gasteiger partial charge is 0.259 e. The molecule has 114 valence electrons. The number of nitrogens with one attached hydrogen (secondary N) is 1. The average molecular weight is 313 g/mol. The predicted octanol–water partition coefficient (Wildman–Crippen LogP) is 1.23. The molecule has 0 saturated carbocycles. The Kier molecular flexibility index (Phi) is 4.71. The van der Waals surface area contributed by atoms with E-state index in [0.717, 1.165) is 0 Å². The number of aromatic nitrogens is 2. The first-order valence-corrected chi connectivity index (χ1v) is 7.66. The molecule has 0 aliphatic rings. The van der Waals surface area contributed by atoms with E-state index in [1.165, 1.54) is 36.3 Å². The third kappa shape index (κ3) is 3.87. The monoisotopic (exact) mass is 313 g/mol. The highest BCUT2D eigenvalue weighted by Crippen LogP contribution is 2.17. The molecule has 6 nitrogen and oxygen atoms in total. The Morgan fingerprint density at radius 1 is 1.48 bits per heavy atom. The number of methoxy groups -OCH3 is 1. The highest BCUT2D eigenvalue weighted by Gasteiger charge is 2.20. The van der Waals surface area contributed by atoms with Gasteiger partial charge in [-0.25, -0.2) is 22.5 Å². The lowest BCUT2D eigenvalue weighted by molar-refractivity contribution is 0.107. The number of aryl methyl sites for hydroxylation is 1. The van der Waals surface area contributed by atoms with E-state index in [2.05, 4.69) is 9.71 Å². The normalized spacial score (nSPS) is 13.3. The van der Waals surface area contributed by atoms with Crippen LogP contribution in [0.4, 0.5) is 4.39 Å². The van der Waals surface area contributed by atoms with Gasteiger partial charge in [0.15, 0.2) is 5.03 Å². The van der Waals surface area contributed by atoms with Crippen molar-refractivity contribution in [2.75, 3.05) is 13.7 Å². The Labute approximate surface area is 122 Å². The molecule has 1 heterocycles. The summed E-state index contributed by atoms with van der Waals surface area (Å²) < 4.78 is 46.4. The van der Waals surface area contributed by atoms with Crippen LogP contribution in [0.2, 0.25) is 0 Å². The molecule has 0 spiro atoms. The standard InChI is InChI=1S/C13H16FN3O3S/c1-17-8-13(15-9-17)21(18,19)16-7-12(20-2)10-4-3-5-11(14)6-10/h3-6,8-9,12,16H,7H2,1-2H3/t12-/m0/s1. The van der Waals surface area contributed by atoms with E-state index in [1.54, 1.807) is 19.2 Å². The number of ether oxygens (including phenoxy) is 1. The van der Waals surface area contributed by atoms with Crippen LogP contribution in [0.1, 0.15) is 11.7 Å². The number of nitrogens with zero attached hydrogens (tertiary/aromatic N) is 2. The number of benzene rings is 1. The van der Waals surface area contributed by atoms with Crippen LogP contribution in [-0.4, -0.2) is 31.6 Å². The van der Waals surface area contributed by atoms with Crippen molar-refractivity contribution in [3.05, 3.63) is 48.2 Å². The van der Waals surface area contributed by atoms with E-state index in [0.29, 0.717) is 5.56 Å². The first kappa shape index (κ1) is 15.6. The number of hydrogen-bond donors (Lipinski definition) is 1. The third-order valence-electron chi connectivity index (χ3n) is 2.92. The summed E-state index contributed by atoms with van der Waals surface area (Å²) in [5.74, 6) is -0.401. The van der Waals surface area contributed by atoms with Gasteiger partial charge < -0.3 is 9.30 Å². The first-order chi connectivity index (χ1) is 9.92. The number of rotatable bonds is 6. The fourth-order valence-electron chi connectivity index (χ4n) is 1.83. The zero-order chi connectivity index (χ0) is 15.5. The molecule has 0 aliphatic carbocycles. The largest absolute Gasteiger partial charge is 0.375 e. The molecule has 2 aromatic rings. The lowest BCUT2D eigenvalue weighted by atomic mass is 10.1. The molecule has 1 aromatic carbocycles. The molecule has 0 unspecified atom stereocenters. The molecule has 2 rings (SSSR count). The van der Waals surface area contributed by atoms with Crippen LogP contribution in [0.25, 0.3) is 0 Å². The van der Waals surface area contributed by atoms with Gasteiger partial charge in [0.25, 0.3) is 10.0 Å². The zero-order valence-electron chi connectivity index (χ0n) is 11.7. The number of imidazole rings is 1. The highest BCUT2D eigenvalue weighted by molar-refractivity contribution is 7.89. The molecule has 0 bridgehead atoms. The fraction of sp³-hybridized carbons (Fsp3) is 0.308. The van der Waals surface area contributed by atoms with Crippen LogP contribution in [-0.2, 0) is 21.8 Å². The van der Waals surface area contributed by atoms with Gasteiger partial charge in [-0.2, -0.15) is 0 Å². The Bertz CT molecular complexity index is 715. The van der Waals surface area contributed by atoms with Crippen LogP contribution in [0, 0.1) is 5.82 Å². The summed E-state index contributed by atoms with van der Waals surface area (Å²) >= 11 is 0. The molecule has 1 N–H and O–H groups in total. The van der Waals surface area contributed by atoms with E-state index >= 15 is 0 Å². The van der Waals surface area contributed by atoms with Crippen LogP contribution >= 0.6 is 0 Å². The summed E-state index contributed by atoms with van der Waals surface area (Å²) in [6.45, 7) is -0.0150. The van der Waals surface area contributed by atoms with E-state index < -0.39 is 21.9 Å². The number of sulfonamides is 1. The van der Waals surface area contributed by atoms with Gasteiger partial charge >= 0.3 is 0 Å². The lowest BCUT2D eigenvalue weighted by Gasteiger charge is -2.16. The van der Waals surface area contributed by atoms with E-state index in [-0.39, 0.29) is 11.6 Å². The molecular weight excluding hydrogens is 297 g/mol. The van der Waals surface area contributed by atoms with Crippen LogP contribution < -0.4 is 4.72 Å². The first-order valence-electron chi connectivity index (χ1n) is 6.18. The maximum atomic E-state index is 13.2. The van der Waals surface area contributed by atoms with Crippen molar-refractivity contribution in [3.63, 3.8) is 0 Å².